The second kappa shape index (κ2) is 8.57. The van der Waals surface area contributed by atoms with E-state index in [0.717, 1.165) is 11.1 Å². The third-order valence-corrected chi connectivity index (χ3v) is 3.83. The molecule has 7 nitrogen and oxygen atoms in total. The monoisotopic (exact) mass is 353 g/mol. The Balaban J connectivity index is 1.85. The number of nitrogens with one attached hydrogen (secondary N) is 2. The molecule has 134 valence electrons. The highest BCUT2D eigenvalue weighted by Crippen LogP contribution is 2.17. The van der Waals surface area contributed by atoms with Crippen LogP contribution in [-0.2, 0) is 9.59 Å². The van der Waals surface area contributed by atoms with Gasteiger partial charge in [-0.25, -0.2) is 0 Å². The predicted molar refractivity (Wildman–Crippen MR) is 99.7 cm³/mol. The molecule has 0 aliphatic carbocycles. The van der Waals surface area contributed by atoms with E-state index in [1.54, 1.807) is 6.07 Å². The number of hydrogen-bond donors (Lipinski definition) is 2. The molecule has 0 aromatic heterocycles. The first-order valence-corrected chi connectivity index (χ1v) is 7.93. The molecule has 0 heterocycles. The van der Waals surface area contributed by atoms with Crippen LogP contribution in [0.15, 0.2) is 48.5 Å². The Kier molecular flexibility index (Phi) is 6.21. The lowest BCUT2D eigenvalue weighted by molar-refractivity contribution is -0.384. The van der Waals surface area contributed by atoms with E-state index in [1.165, 1.54) is 36.4 Å². The van der Waals surface area contributed by atoms with Gasteiger partial charge < -0.3 is 10.6 Å². The highest BCUT2D eigenvalue weighted by molar-refractivity contribution is 5.98. The van der Waals surface area contributed by atoms with Crippen LogP contribution in [0.25, 0.3) is 6.08 Å². The van der Waals surface area contributed by atoms with Gasteiger partial charge in [0.25, 0.3) is 5.69 Å². The van der Waals surface area contributed by atoms with E-state index in [0.29, 0.717) is 11.3 Å². The van der Waals surface area contributed by atoms with Crippen LogP contribution in [0.4, 0.5) is 11.4 Å². The summed E-state index contributed by atoms with van der Waals surface area (Å²) >= 11 is 0. The van der Waals surface area contributed by atoms with Crippen LogP contribution in [-0.4, -0.2) is 23.3 Å². The Bertz CT molecular complexity index is 858. The molecule has 0 aliphatic rings. The molecule has 0 spiro atoms. The number of non-ortho nitro benzene ring substituents is 1. The van der Waals surface area contributed by atoms with Crippen molar-refractivity contribution in [3.8, 4) is 0 Å². The van der Waals surface area contributed by atoms with Gasteiger partial charge in [-0.2, -0.15) is 0 Å². The van der Waals surface area contributed by atoms with Crippen molar-refractivity contribution in [3.63, 3.8) is 0 Å². The fourth-order valence-corrected chi connectivity index (χ4v) is 2.19. The SMILES string of the molecule is Cc1cccc(NC(=O)CNC(=O)C=Cc2ccc([N+](=O)[O-])cc2)c1C. The summed E-state index contributed by atoms with van der Waals surface area (Å²) in [5.74, 6) is -0.754. The van der Waals surface area contributed by atoms with Crippen LogP contribution in [0, 0.1) is 24.0 Å². The first kappa shape index (κ1) is 18.9. The third kappa shape index (κ3) is 5.27. The molecule has 0 fully saturated rings. The van der Waals surface area contributed by atoms with Crippen LogP contribution >= 0.6 is 0 Å². The van der Waals surface area contributed by atoms with Crippen molar-refractivity contribution in [2.45, 2.75) is 13.8 Å². The Morgan fingerprint density at radius 2 is 1.81 bits per heavy atom. The van der Waals surface area contributed by atoms with E-state index < -0.39 is 10.8 Å². The predicted octanol–water partition coefficient (Wildman–Crippen LogP) is 2.98. The number of nitro benzene ring substituents is 1. The summed E-state index contributed by atoms with van der Waals surface area (Å²) in [7, 11) is 0. The van der Waals surface area contributed by atoms with Crippen molar-refractivity contribution >= 4 is 29.3 Å². The van der Waals surface area contributed by atoms with E-state index in [9.17, 15) is 19.7 Å². The number of anilines is 1. The lowest BCUT2D eigenvalue weighted by Crippen LogP contribution is -2.31. The van der Waals surface area contributed by atoms with Crippen molar-refractivity contribution < 1.29 is 14.5 Å². The van der Waals surface area contributed by atoms with Gasteiger partial charge in [0.1, 0.15) is 0 Å². The number of aryl methyl sites for hydroxylation is 1. The van der Waals surface area contributed by atoms with Gasteiger partial charge in [0.05, 0.1) is 11.5 Å². The van der Waals surface area contributed by atoms with Crippen molar-refractivity contribution in [2.24, 2.45) is 0 Å². The van der Waals surface area contributed by atoms with Gasteiger partial charge in [-0.1, -0.05) is 12.1 Å². The number of rotatable bonds is 6. The average molecular weight is 353 g/mol. The van der Waals surface area contributed by atoms with Crippen LogP contribution in [0.3, 0.4) is 0 Å². The summed E-state index contributed by atoms with van der Waals surface area (Å²) < 4.78 is 0. The molecule has 0 saturated heterocycles. The summed E-state index contributed by atoms with van der Waals surface area (Å²) in [4.78, 5) is 33.8. The van der Waals surface area contributed by atoms with Gasteiger partial charge in [-0.05, 0) is 54.8 Å². The quantitative estimate of drug-likeness (QED) is 0.473. The van der Waals surface area contributed by atoms with E-state index in [-0.39, 0.29) is 18.1 Å². The van der Waals surface area contributed by atoms with Gasteiger partial charge >= 0.3 is 0 Å². The lowest BCUT2D eigenvalue weighted by atomic mass is 10.1. The van der Waals surface area contributed by atoms with E-state index >= 15 is 0 Å². The van der Waals surface area contributed by atoms with Crippen LogP contribution < -0.4 is 10.6 Å². The maximum atomic E-state index is 11.9. The number of benzene rings is 2. The zero-order valence-corrected chi connectivity index (χ0v) is 14.5. The first-order valence-electron chi connectivity index (χ1n) is 7.93. The Morgan fingerprint density at radius 3 is 2.46 bits per heavy atom. The number of carbonyl (C=O) groups is 2. The zero-order chi connectivity index (χ0) is 19.1. The molecule has 0 bridgehead atoms. The second-order valence-corrected chi connectivity index (χ2v) is 5.70. The minimum Gasteiger partial charge on any atom is -0.343 e. The standard InChI is InChI=1S/C19H19N3O4/c1-13-4-3-5-17(14(13)2)21-19(24)12-20-18(23)11-8-15-6-9-16(10-7-15)22(25)26/h3-11H,12H2,1-2H3,(H,20,23)(H,21,24). The van der Waals surface area contributed by atoms with E-state index in [1.807, 2.05) is 26.0 Å². The molecule has 2 rings (SSSR count). The van der Waals surface area contributed by atoms with Gasteiger partial charge in [0.2, 0.25) is 11.8 Å². The van der Waals surface area contributed by atoms with Crippen LogP contribution in [0.2, 0.25) is 0 Å². The average Bonchev–Trinajstić information content (AvgIpc) is 2.62. The molecule has 2 aromatic carbocycles. The normalized spacial score (nSPS) is 10.5. The van der Waals surface area contributed by atoms with Gasteiger partial charge in [-0.15, -0.1) is 0 Å². The van der Waals surface area contributed by atoms with E-state index in [2.05, 4.69) is 10.6 Å². The second-order valence-electron chi connectivity index (χ2n) is 5.70. The van der Waals surface area contributed by atoms with Gasteiger partial charge in [0.15, 0.2) is 0 Å². The summed E-state index contributed by atoms with van der Waals surface area (Å²) in [5, 5.41) is 15.8. The van der Waals surface area contributed by atoms with E-state index in [4.69, 9.17) is 0 Å². The number of nitro groups is 1. The Hall–Kier alpha value is -3.48. The minimum absolute atomic E-state index is 0.0188. The molecule has 2 N–H and O–H groups in total. The van der Waals surface area contributed by atoms with Crippen molar-refractivity contribution in [1.82, 2.24) is 5.32 Å². The topological polar surface area (TPSA) is 101 Å². The van der Waals surface area contributed by atoms with Crippen molar-refractivity contribution in [3.05, 3.63) is 75.3 Å². The van der Waals surface area contributed by atoms with Crippen LogP contribution in [0.1, 0.15) is 16.7 Å². The molecule has 0 unspecified atom stereocenters. The van der Waals surface area contributed by atoms with Crippen molar-refractivity contribution in [1.29, 1.82) is 0 Å². The molecule has 0 atom stereocenters. The van der Waals surface area contributed by atoms with Gasteiger partial charge in [-0.3, -0.25) is 19.7 Å². The molecule has 0 radical (unpaired) electrons. The molecule has 26 heavy (non-hydrogen) atoms. The zero-order valence-electron chi connectivity index (χ0n) is 14.5. The maximum absolute atomic E-state index is 11.9. The summed E-state index contributed by atoms with van der Waals surface area (Å²) in [6.07, 6.45) is 2.79. The largest absolute Gasteiger partial charge is 0.343 e. The molecule has 0 saturated carbocycles. The molecule has 7 heteroatoms. The summed E-state index contributed by atoms with van der Waals surface area (Å²) in [6, 6.07) is 11.4. The molecule has 2 aromatic rings. The first-order chi connectivity index (χ1) is 12.4. The maximum Gasteiger partial charge on any atom is 0.269 e. The number of amides is 2. The smallest absolute Gasteiger partial charge is 0.269 e. The fourth-order valence-electron chi connectivity index (χ4n) is 2.19. The summed E-state index contributed by atoms with van der Waals surface area (Å²) in [6.45, 7) is 3.71. The van der Waals surface area contributed by atoms with Gasteiger partial charge in [0, 0.05) is 23.9 Å². The lowest BCUT2D eigenvalue weighted by Gasteiger charge is -2.10. The molecule has 0 aliphatic heterocycles. The van der Waals surface area contributed by atoms with Crippen molar-refractivity contribution in [2.75, 3.05) is 11.9 Å². The molecular formula is C19H19N3O4. The minimum atomic E-state index is -0.491. The molecular weight excluding hydrogens is 334 g/mol. The highest BCUT2D eigenvalue weighted by Gasteiger charge is 2.07. The third-order valence-electron chi connectivity index (χ3n) is 3.83. The number of hydrogen-bond acceptors (Lipinski definition) is 4. The van der Waals surface area contributed by atoms with Crippen LogP contribution in [0.5, 0.6) is 0 Å². The highest BCUT2D eigenvalue weighted by atomic mass is 16.6. The number of nitrogens with zero attached hydrogens (tertiary/aromatic N) is 1. The Labute approximate surface area is 150 Å². The number of carbonyl (C=O) groups excluding carboxylic acids is 2. The fraction of sp³-hybridized carbons (Fsp3) is 0.158. The Morgan fingerprint density at radius 1 is 1.12 bits per heavy atom. The summed E-state index contributed by atoms with van der Waals surface area (Å²) in [5.41, 5.74) is 3.38. The molecule has 2 amide bonds.